The number of aromatic nitrogens is 1. The molecule has 0 aliphatic carbocycles. The van der Waals surface area contributed by atoms with Crippen LogP contribution >= 0.6 is 0 Å². The molecule has 3 heteroatoms. The zero-order valence-electron chi connectivity index (χ0n) is 8.92. The van der Waals surface area contributed by atoms with Gasteiger partial charge in [0.2, 0.25) is 0 Å². The van der Waals surface area contributed by atoms with Gasteiger partial charge in [-0.05, 0) is 25.5 Å². The molecule has 1 aromatic carbocycles. The maximum Gasteiger partial charge on any atom is 0.178 e. The van der Waals surface area contributed by atoms with Crippen LogP contribution in [0.3, 0.4) is 0 Å². The number of aromatic amines is 1. The molecular weight excluding hydrogens is 188 g/mol. The Morgan fingerprint density at radius 3 is 2.80 bits per heavy atom. The van der Waals surface area contributed by atoms with Crippen LogP contribution in [0.1, 0.15) is 21.6 Å². The molecule has 0 amide bonds. The molecule has 0 spiro atoms. The SMILES string of the molecule is Cc1ccc2c(C(=O)CN)c(C)[nH]c2c1. The summed E-state index contributed by atoms with van der Waals surface area (Å²) >= 11 is 0. The van der Waals surface area contributed by atoms with E-state index in [0.29, 0.717) is 0 Å². The fourth-order valence-electron chi connectivity index (χ4n) is 1.91. The molecule has 3 N–H and O–H groups in total. The molecule has 0 atom stereocenters. The van der Waals surface area contributed by atoms with Crippen molar-refractivity contribution in [1.82, 2.24) is 4.98 Å². The highest BCUT2D eigenvalue weighted by molar-refractivity contribution is 6.10. The number of hydrogen-bond acceptors (Lipinski definition) is 2. The minimum atomic E-state index is -0.0115. The lowest BCUT2D eigenvalue weighted by Gasteiger charge is -1.97. The van der Waals surface area contributed by atoms with Crippen LogP contribution in [0.5, 0.6) is 0 Å². The highest BCUT2D eigenvalue weighted by Crippen LogP contribution is 2.23. The molecule has 78 valence electrons. The quantitative estimate of drug-likeness (QED) is 0.731. The summed E-state index contributed by atoms with van der Waals surface area (Å²) in [5.41, 5.74) is 9.19. The number of aryl methyl sites for hydroxylation is 2. The highest BCUT2D eigenvalue weighted by atomic mass is 16.1. The number of carbonyl (C=O) groups is 1. The standard InChI is InChI=1S/C12H14N2O/c1-7-3-4-9-10(5-7)14-8(2)12(9)11(15)6-13/h3-5,14H,6,13H2,1-2H3. The zero-order valence-corrected chi connectivity index (χ0v) is 8.92. The smallest absolute Gasteiger partial charge is 0.178 e. The average molecular weight is 202 g/mol. The van der Waals surface area contributed by atoms with Crippen molar-refractivity contribution in [2.24, 2.45) is 5.73 Å². The molecule has 0 bridgehead atoms. The number of H-pyrrole nitrogens is 1. The third kappa shape index (κ3) is 1.55. The van der Waals surface area contributed by atoms with E-state index in [-0.39, 0.29) is 12.3 Å². The molecule has 0 aliphatic heterocycles. The molecule has 3 nitrogen and oxygen atoms in total. The van der Waals surface area contributed by atoms with Crippen molar-refractivity contribution in [2.45, 2.75) is 13.8 Å². The molecule has 0 saturated carbocycles. The van der Waals surface area contributed by atoms with Crippen LogP contribution in [0.4, 0.5) is 0 Å². The van der Waals surface area contributed by atoms with E-state index in [2.05, 4.69) is 4.98 Å². The number of Topliss-reactive ketones (excluding diaryl/α,β-unsaturated/α-hetero) is 1. The van der Waals surface area contributed by atoms with Gasteiger partial charge < -0.3 is 10.7 Å². The van der Waals surface area contributed by atoms with Gasteiger partial charge in [-0.2, -0.15) is 0 Å². The third-order valence-electron chi connectivity index (χ3n) is 2.61. The number of ketones is 1. The predicted octanol–water partition coefficient (Wildman–Crippen LogP) is 1.93. The van der Waals surface area contributed by atoms with Crippen molar-refractivity contribution in [3.05, 3.63) is 35.0 Å². The number of benzene rings is 1. The first-order valence-corrected chi connectivity index (χ1v) is 4.95. The van der Waals surface area contributed by atoms with Crippen molar-refractivity contribution in [1.29, 1.82) is 0 Å². The van der Waals surface area contributed by atoms with Crippen LogP contribution in [-0.2, 0) is 0 Å². The van der Waals surface area contributed by atoms with Gasteiger partial charge in [0.15, 0.2) is 5.78 Å². The molecular formula is C12H14N2O. The van der Waals surface area contributed by atoms with E-state index in [9.17, 15) is 4.79 Å². The fourth-order valence-corrected chi connectivity index (χ4v) is 1.91. The Kier molecular flexibility index (Phi) is 2.32. The summed E-state index contributed by atoms with van der Waals surface area (Å²) in [5.74, 6) is -0.0115. The largest absolute Gasteiger partial charge is 0.358 e. The molecule has 2 rings (SSSR count). The van der Waals surface area contributed by atoms with E-state index >= 15 is 0 Å². The second kappa shape index (κ2) is 3.51. The summed E-state index contributed by atoms with van der Waals surface area (Å²) in [4.78, 5) is 14.9. The van der Waals surface area contributed by atoms with E-state index in [0.717, 1.165) is 22.2 Å². The van der Waals surface area contributed by atoms with Gasteiger partial charge in [-0.15, -0.1) is 0 Å². The van der Waals surface area contributed by atoms with Crippen molar-refractivity contribution in [2.75, 3.05) is 6.54 Å². The number of carbonyl (C=O) groups excluding carboxylic acids is 1. The lowest BCUT2D eigenvalue weighted by atomic mass is 10.1. The molecule has 0 saturated heterocycles. The Hall–Kier alpha value is -1.61. The third-order valence-corrected chi connectivity index (χ3v) is 2.61. The summed E-state index contributed by atoms with van der Waals surface area (Å²) in [5, 5.41) is 0.966. The summed E-state index contributed by atoms with van der Waals surface area (Å²) in [6.07, 6.45) is 0. The number of nitrogens with one attached hydrogen (secondary N) is 1. The van der Waals surface area contributed by atoms with Gasteiger partial charge >= 0.3 is 0 Å². The van der Waals surface area contributed by atoms with Gasteiger partial charge in [0.25, 0.3) is 0 Å². The number of hydrogen-bond donors (Lipinski definition) is 2. The Bertz CT molecular complexity index is 526. The van der Waals surface area contributed by atoms with Crippen molar-refractivity contribution < 1.29 is 4.79 Å². The maximum absolute atomic E-state index is 11.6. The monoisotopic (exact) mass is 202 g/mol. The molecule has 0 aliphatic rings. The van der Waals surface area contributed by atoms with E-state index in [4.69, 9.17) is 5.73 Å². The van der Waals surface area contributed by atoms with Crippen LogP contribution in [0.15, 0.2) is 18.2 Å². The topological polar surface area (TPSA) is 58.9 Å². The van der Waals surface area contributed by atoms with Crippen LogP contribution in [0.25, 0.3) is 10.9 Å². The lowest BCUT2D eigenvalue weighted by Crippen LogP contribution is -2.14. The minimum Gasteiger partial charge on any atom is -0.358 e. The predicted molar refractivity (Wildman–Crippen MR) is 61.2 cm³/mol. The second-order valence-corrected chi connectivity index (χ2v) is 3.80. The van der Waals surface area contributed by atoms with Crippen LogP contribution in [0.2, 0.25) is 0 Å². The molecule has 1 aromatic heterocycles. The summed E-state index contributed by atoms with van der Waals surface area (Å²) in [7, 11) is 0. The van der Waals surface area contributed by atoms with E-state index in [1.807, 2.05) is 32.0 Å². The Morgan fingerprint density at radius 2 is 2.13 bits per heavy atom. The molecule has 15 heavy (non-hydrogen) atoms. The van der Waals surface area contributed by atoms with Crippen LogP contribution in [-0.4, -0.2) is 17.3 Å². The van der Waals surface area contributed by atoms with E-state index in [1.165, 1.54) is 5.56 Å². The molecule has 0 radical (unpaired) electrons. The first-order valence-electron chi connectivity index (χ1n) is 4.95. The van der Waals surface area contributed by atoms with Crippen molar-refractivity contribution in [3.8, 4) is 0 Å². The normalized spacial score (nSPS) is 10.9. The minimum absolute atomic E-state index is 0.0115. The lowest BCUT2D eigenvalue weighted by molar-refractivity contribution is 0.100. The summed E-state index contributed by atoms with van der Waals surface area (Å²) < 4.78 is 0. The number of rotatable bonds is 2. The van der Waals surface area contributed by atoms with Gasteiger partial charge in [-0.3, -0.25) is 4.79 Å². The number of fused-ring (bicyclic) bond motifs is 1. The molecule has 1 heterocycles. The van der Waals surface area contributed by atoms with Gasteiger partial charge in [-0.25, -0.2) is 0 Å². The fraction of sp³-hybridized carbons (Fsp3) is 0.250. The first kappa shape index (κ1) is 9.93. The van der Waals surface area contributed by atoms with Crippen molar-refractivity contribution in [3.63, 3.8) is 0 Å². The first-order chi connectivity index (χ1) is 7.13. The zero-order chi connectivity index (χ0) is 11.0. The average Bonchev–Trinajstić information content (AvgIpc) is 2.52. The van der Waals surface area contributed by atoms with Crippen LogP contribution < -0.4 is 5.73 Å². The Balaban J connectivity index is 2.73. The van der Waals surface area contributed by atoms with E-state index < -0.39 is 0 Å². The molecule has 2 aromatic rings. The van der Waals surface area contributed by atoms with Gasteiger partial charge in [0, 0.05) is 22.2 Å². The number of nitrogens with two attached hydrogens (primary N) is 1. The van der Waals surface area contributed by atoms with Crippen LogP contribution in [0, 0.1) is 13.8 Å². The Labute approximate surface area is 88.3 Å². The summed E-state index contributed by atoms with van der Waals surface area (Å²) in [6.45, 7) is 3.99. The highest BCUT2D eigenvalue weighted by Gasteiger charge is 2.14. The van der Waals surface area contributed by atoms with Crippen molar-refractivity contribution >= 4 is 16.7 Å². The van der Waals surface area contributed by atoms with Gasteiger partial charge in [-0.1, -0.05) is 12.1 Å². The van der Waals surface area contributed by atoms with Gasteiger partial charge in [0.05, 0.1) is 6.54 Å². The molecule has 0 fully saturated rings. The maximum atomic E-state index is 11.6. The van der Waals surface area contributed by atoms with E-state index in [1.54, 1.807) is 0 Å². The second-order valence-electron chi connectivity index (χ2n) is 3.80. The van der Waals surface area contributed by atoms with Gasteiger partial charge in [0.1, 0.15) is 0 Å². The molecule has 0 unspecified atom stereocenters. The summed E-state index contributed by atoms with van der Waals surface area (Å²) in [6, 6.07) is 6.01. The Morgan fingerprint density at radius 1 is 1.40 bits per heavy atom.